The molecule has 2 aromatic rings. The summed E-state index contributed by atoms with van der Waals surface area (Å²) in [5, 5.41) is 5.79. The van der Waals surface area contributed by atoms with Crippen molar-refractivity contribution in [3.8, 4) is 5.75 Å². The van der Waals surface area contributed by atoms with E-state index in [9.17, 15) is 9.59 Å². The molecular weight excluding hydrogens is 352 g/mol. The maximum atomic E-state index is 12.6. The highest BCUT2D eigenvalue weighted by atomic mass is 16.5. The van der Waals surface area contributed by atoms with Crippen LogP contribution >= 0.6 is 0 Å². The zero-order valence-corrected chi connectivity index (χ0v) is 16.9. The van der Waals surface area contributed by atoms with Crippen molar-refractivity contribution in [2.45, 2.75) is 39.7 Å². The summed E-state index contributed by atoms with van der Waals surface area (Å²) in [6.07, 6.45) is 1.76. The molecule has 0 bridgehead atoms. The van der Waals surface area contributed by atoms with Crippen LogP contribution in [0.2, 0.25) is 0 Å². The highest BCUT2D eigenvalue weighted by Gasteiger charge is 2.24. The van der Waals surface area contributed by atoms with Gasteiger partial charge in [-0.05, 0) is 55.5 Å². The molecule has 1 atom stereocenters. The second-order valence-electron chi connectivity index (χ2n) is 7.03. The zero-order chi connectivity index (χ0) is 20.4. The summed E-state index contributed by atoms with van der Waals surface area (Å²) in [5.41, 5.74) is 1.76. The standard InChI is InChI=1S/C23H30N2O3/c1-4-28-20-14-12-19(13-15-20)22(26)25-21(17(2)3)23(27)24-16-8-11-18-9-6-5-7-10-18/h5-7,9-10,12-15,17,21H,4,8,11,16H2,1-3H3,(H,24,27)(H,25,26). The number of amides is 2. The zero-order valence-electron chi connectivity index (χ0n) is 16.9. The molecule has 5 heteroatoms. The first kappa shape index (κ1) is 21.5. The topological polar surface area (TPSA) is 67.4 Å². The van der Waals surface area contributed by atoms with Crippen molar-refractivity contribution in [2.75, 3.05) is 13.2 Å². The molecule has 0 spiro atoms. The summed E-state index contributed by atoms with van der Waals surface area (Å²) in [7, 11) is 0. The van der Waals surface area contributed by atoms with Crippen LogP contribution in [0, 0.1) is 5.92 Å². The van der Waals surface area contributed by atoms with Crippen molar-refractivity contribution >= 4 is 11.8 Å². The van der Waals surface area contributed by atoms with Crippen molar-refractivity contribution in [3.05, 3.63) is 65.7 Å². The SMILES string of the molecule is CCOc1ccc(C(=O)NC(C(=O)NCCCc2ccccc2)C(C)C)cc1. The number of carbonyl (C=O) groups is 2. The maximum absolute atomic E-state index is 12.6. The molecule has 0 saturated carbocycles. The van der Waals surface area contributed by atoms with Gasteiger partial charge in [-0.3, -0.25) is 9.59 Å². The van der Waals surface area contributed by atoms with E-state index >= 15 is 0 Å². The van der Waals surface area contributed by atoms with Crippen LogP contribution in [-0.2, 0) is 11.2 Å². The monoisotopic (exact) mass is 382 g/mol. The number of carbonyl (C=O) groups excluding carboxylic acids is 2. The molecule has 0 fully saturated rings. The van der Waals surface area contributed by atoms with E-state index < -0.39 is 6.04 Å². The van der Waals surface area contributed by atoms with Gasteiger partial charge in [0.05, 0.1) is 6.61 Å². The molecule has 1 unspecified atom stereocenters. The highest BCUT2D eigenvalue weighted by molar-refractivity contribution is 5.97. The minimum absolute atomic E-state index is 0.0132. The molecule has 5 nitrogen and oxygen atoms in total. The van der Waals surface area contributed by atoms with Crippen molar-refractivity contribution in [1.82, 2.24) is 10.6 Å². The number of hydrogen-bond donors (Lipinski definition) is 2. The van der Waals surface area contributed by atoms with Crippen LogP contribution in [0.1, 0.15) is 43.1 Å². The summed E-state index contributed by atoms with van der Waals surface area (Å²) < 4.78 is 5.39. The number of aryl methyl sites for hydroxylation is 1. The van der Waals surface area contributed by atoms with Crippen molar-refractivity contribution < 1.29 is 14.3 Å². The maximum Gasteiger partial charge on any atom is 0.251 e. The number of ether oxygens (including phenoxy) is 1. The number of hydrogen-bond acceptors (Lipinski definition) is 3. The molecule has 0 aliphatic rings. The number of rotatable bonds is 10. The van der Waals surface area contributed by atoms with Crippen LogP contribution in [0.15, 0.2) is 54.6 Å². The molecule has 2 amide bonds. The molecular formula is C23H30N2O3. The van der Waals surface area contributed by atoms with Gasteiger partial charge in [0.15, 0.2) is 0 Å². The third-order valence-electron chi connectivity index (χ3n) is 4.45. The summed E-state index contributed by atoms with van der Waals surface area (Å²) in [6.45, 7) is 6.91. The second-order valence-corrected chi connectivity index (χ2v) is 7.03. The van der Waals surface area contributed by atoms with Crippen LogP contribution in [0.3, 0.4) is 0 Å². The molecule has 150 valence electrons. The lowest BCUT2D eigenvalue weighted by molar-refractivity contribution is -0.123. The van der Waals surface area contributed by atoms with E-state index in [1.807, 2.05) is 39.0 Å². The van der Waals surface area contributed by atoms with E-state index in [2.05, 4.69) is 22.8 Å². The first-order valence-corrected chi connectivity index (χ1v) is 9.86. The van der Waals surface area contributed by atoms with Gasteiger partial charge in [-0.25, -0.2) is 0 Å². The van der Waals surface area contributed by atoms with Gasteiger partial charge in [0.25, 0.3) is 5.91 Å². The Labute approximate surface area is 167 Å². The molecule has 2 rings (SSSR count). The van der Waals surface area contributed by atoms with Gasteiger partial charge in [0, 0.05) is 12.1 Å². The molecule has 0 aromatic heterocycles. The van der Waals surface area contributed by atoms with Gasteiger partial charge in [0.2, 0.25) is 5.91 Å². The van der Waals surface area contributed by atoms with Gasteiger partial charge >= 0.3 is 0 Å². The average Bonchev–Trinajstić information content (AvgIpc) is 2.70. The fraction of sp³-hybridized carbons (Fsp3) is 0.391. The van der Waals surface area contributed by atoms with Gasteiger partial charge in [-0.1, -0.05) is 44.2 Å². The lowest BCUT2D eigenvalue weighted by Gasteiger charge is -2.22. The van der Waals surface area contributed by atoms with E-state index in [-0.39, 0.29) is 17.7 Å². The Morgan fingerprint density at radius 3 is 2.29 bits per heavy atom. The Bertz CT molecular complexity index is 742. The summed E-state index contributed by atoms with van der Waals surface area (Å²) in [4.78, 5) is 25.1. The highest BCUT2D eigenvalue weighted by Crippen LogP contribution is 2.13. The molecule has 2 N–H and O–H groups in total. The first-order chi connectivity index (χ1) is 13.5. The minimum Gasteiger partial charge on any atom is -0.494 e. The Morgan fingerprint density at radius 2 is 1.68 bits per heavy atom. The quantitative estimate of drug-likeness (QED) is 0.617. The molecule has 28 heavy (non-hydrogen) atoms. The summed E-state index contributed by atoms with van der Waals surface area (Å²) in [6, 6.07) is 16.5. The number of nitrogens with one attached hydrogen (secondary N) is 2. The van der Waals surface area contributed by atoms with Crippen LogP contribution in [0.4, 0.5) is 0 Å². The molecule has 0 saturated heterocycles. The van der Waals surface area contributed by atoms with Crippen molar-refractivity contribution in [1.29, 1.82) is 0 Å². The lowest BCUT2D eigenvalue weighted by atomic mass is 10.0. The molecule has 0 heterocycles. The van der Waals surface area contributed by atoms with Gasteiger partial charge in [-0.15, -0.1) is 0 Å². The lowest BCUT2D eigenvalue weighted by Crippen LogP contribution is -2.49. The summed E-state index contributed by atoms with van der Waals surface area (Å²) >= 11 is 0. The predicted octanol–water partition coefficient (Wildman–Crippen LogP) is 3.59. The summed E-state index contributed by atoms with van der Waals surface area (Å²) in [5.74, 6) is 0.292. The minimum atomic E-state index is -0.573. The average molecular weight is 383 g/mol. The van der Waals surface area contributed by atoms with Crippen LogP contribution in [0.25, 0.3) is 0 Å². The van der Waals surface area contributed by atoms with E-state index in [0.717, 1.165) is 18.6 Å². The number of benzene rings is 2. The fourth-order valence-electron chi connectivity index (χ4n) is 2.89. The largest absolute Gasteiger partial charge is 0.494 e. The van der Waals surface area contributed by atoms with Gasteiger partial charge in [-0.2, -0.15) is 0 Å². The van der Waals surface area contributed by atoms with E-state index in [1.165, 1.54) is 5.56 Å². The van der Waals surface area contributed by atoms with Gasteiger partial charge < -0.3 is 15.4 Å². The third-order valence-corrected chi connectivity index (χ3v) is 4.45. The molecule has 0 aliphatic carbocycles. The third kappa shape index (κ3) is 6.72. The van der Waals surface area contributed by atoms with Crippen LogP contribution in [0.5, 0.6) is 5.75 Å². The normalized spacial score (nSPS) is 11.7. The Morgan fingerprint density at radius 1 is 1.00 bits per heavy atom. The van der Waals surface area contributed by atoms with Crippen LogP contribution < -0.4 is 15.4 Å². The molecule has 2 aromatic carbocycles. The Kier molecular flexibility index (Phi) is 8.53. The van der Waals surface area contributed by atoms with E-state index in [0.29, 0.717) is 18.7 Å². The predicted molar refractivity (Wildman–Crippen MR) is 111 cm³/mol. The van der Waals surface area contributed by atoms with Crippen molar-refractivity contribution in [2.24, 2.45) is 5.92 Å². The van der Waals surface area contributed by atoms with Crippen LogP contribution in [-0.4, -0.2) is 31.0 Å². The molecule has 0 aliphatic heterocycles. The van der Waals surface area contributed by atoms with E-state index in [4.69, 9.17) is 4.74 Å². The second kappa shape index (κ2) is 11.1. The smallest absolute Gasteiger partial charge is 0.251 e. The molecule has 0 radical (unpaired) electrons. The Hall–Kier alpha value is -2.82. The van der Waals surface area contributed by atoms with Crippen molar-refractivity contribution in [3.63, 3.8) is 0 Å². The van der Waals surface area contributed by atoms with E-state index in [1.54, 1.807) is 24.3 Å². The fourth-order valence-corrected chi connectivity index (χ4v) is 2.89. The Balaban J connectivity index is 1.85. The van der Waals surface area contributed by atoms with Gasteiger partial charge in [0.1, 0.15) is 11.8 Å². The first-order valence-electron chi connectivity index (χ1n) is 9.86.